The number of anilines is 1. The minimum absolute atomic E-state index is 0.0384. The summed E-state index contributed by atoms with van der Waals surface area (Å²) >= 11 is 0. The van der Waals surface area contributed by atoms with Crippen molar-refractivity contribution in [3.63, 3.8) is 0 Å². The van der Waals surface area contributed by atoms with E-state index in [2.05, 4.69) is 0 Å². The Morgan fingerprint density at radius 2 is 1.79 bits per heavy atom. The topological polar surface area (TPSA) is 82.1 Å². The van der Waals surface area contributed by atoms with Crippen LogP contribution in [0.4, 0.5) is 5.69 Å². The lowest BCUT2D eigenvalue weighted by molar-refractivity contribution is -0.141. The van der Waals surface area contributed by atoms with Gasteiger partial charge in [-0.05, 0) is 42.3 Å². The summed E-state index contributed by atoms with van der Waals surface area (Å²) in [7, 11) is 2.96. The summed E-state index contributed by atoms with van der Waals surface area (Å²) in [4.78, 5) is 38.1. The summed E-state index contributed by atoms with van der Waals surface area (Å²) in [6.45, 7) is 0.332. The molecule has 1 fully saturated rings. The molecule has 7 heteroatoms. The van der Waals surface area contributed by atoms with Gasteiger partial charge in [-0.15, -0.1) is 0 Å². The van der Waals surface area contributed by atoms with Crippen LogP contribution in [-0.2, 0) is 20.7 Å². The number of rotatable bonds is 8. The van der Waals surface area contributed by atoms with E-state index in [-0.39, 0.29) is 24.7 Å². The van der Waals surface area contributed by atoms with Crippen molar-refractivity contribution in [2.45, 2.75) is 19.3 Å². The maximum Gasteiger partial charge on any atom is 0.310 e. The third-order valence-corrected chi connectivity index (χ3v) is 4.74. The monoisotopic (exact) mass is 397 g/mol. The second-order valence-corrected chi connectivity index (χ2v) is 6.64. The number of carbonyl (C=O) groups is 3. The predicted molar refractivity (Wildman–Crippen MR) is 107 cm³/mol. The summed E-state index contributed by atoms with van der Waals surface area (Å²) in [6.07, 6.45) is 1.47. The molecule has 0 spiro atoms. The molecule has 2 aromatic rings. The number of esters is 1. The molecule has 0 radical (unpaired) electrons. The Hall–Kier alpha value is -3.35. The molecule has 7 nitrogen and oxygen atoms in total. The number of methoxy groups -OCH3 is 2. The zero-order valence-electron chi connectivity index (χ0n) is 16.5. The second kappa shape index (κ2) is 9.23. The highest BCUT2D eigenvalue weighted by molar-refractivity contribution is 6.00. The minimum atomic E-state index is -0.509. The van der Waals surface area contributed by atoms with Crippen molar-refractivity contribution in [3.8, 4) is 11.5 Å². The highest BCUT2D eigenvalue weighted by Crippen LogP contribution is 2.25. The first-order valence-electron chi connectivity index (χ1n) is 9.32. The first kappa shape index (κ1) is 20.4. The van der Waals surface area contributed by atoms with Gasteiger partial charge in [-0.2, -0.15) is 0 Å². The van der Waals surface area contributed by atoms with Gasteiger partial charge in [-0.3, -0.25) is 14.4 Å². The molecule has 1 heterocycles. The molecule has 0 unspecified atom stereocenters. The molecule has 0 N–H and O–H groups in total. The average Bonchev–Trinajstić information content (AvgIpc) is 3.18. The van der Waals surface area contributed by atoms with Gasteiger partial charge in [0.15, 0.2) is 6.61 Å². The molecular weight excluding hydrogens is 374 g/mol. The Balaban J connectivity index is 1.56. The Morgan fingerprint density at radius 1 is 1.03 bits per heavy atom. The van der Waals surface area contributed by atoms with Crippen molar-refractivity contribution < 1.29 is 28.6 Å². The van der Waals surface area contributed by atoms with Crippen LogP contribution in [0.3, 0.4) is 0 Å². The first-order valence-corrected chi connectivity index (χ1v) is 9.32. The number of Topliss-reactive ketones (excluding diaryl/α,β-unsaturated/α-hetero) is 1. The molecule has 0 aliphatic carbocycles. The molecule has 0 bridgehead atoms. The normalized spacial score (nSPS) is 13.3. The molecule has 3 rings (SSSR count). The SMILES string of the molecule is COc1ccc(OC)c(C(=O)COC(=O)Cc2ccc(N3CCCC3=O)cc2)c1. The molecule has 0 saturated carbocycles. The molecule has 1 aliphatic heterocycles. The fourth-order valence-electron chi connectivity index (χ4n) is 3.19. The average molecular weight is 397 g/mol. The van der Waals surface area contributed by atoms with E-state index in [0.29, 0.717) is 23.5 Å². The Bertz CT molecular complexity index is 906. The van der Waals surface area contributed by atoms with Gasteiger partial charge in [0.25, 0.3) is 0 Å². The van der Waals surface area contributed by atoms with Gasteiger partial charge >= 0.3 is 5.97 Å². The van der Waals surface area contributed by atoms with Gasteiger partial charge in [0.1, 0.15) is 11.5 Å². The number of hydrogen-bond acceptors (Lipinski definition) is 6. The maximum absolute atomic E-state index is 12.4. The van der Waals surface area contributed by atoms with Crippen LogP contribution in [0.25, 0.3) is 0 Å². The highest BCUT2D eigenvalue weighted by atomic mass is 16.5. The molecule has 2 aromatic carbocycles. The highest BCUT2D eigenvalue weighted by Gasteiger charge is 2.21. The molecule has 0 aromatic heterocycles. The number of hydrogen-bond donors (Lipinski definition) is 0. The standard InChI is InChI=1S/C22H23NO6/c1-27-17-9-10-20(28-2)18(13-17)19(24)14-29-22(26)12-15-5-7-16(8-6-15)23-11-3-4-21(23)25/h5-10,13H,3-4,11-12,14H2,1-2H3. The van der Waals surface area contributed by atoms with Gasteiger partial charge in [0, 0.05) is 18.7 Å². The Morgan fingerprint density at radius 3 is 2.41 bits per heavy atom. The predicted octanol–water partition coefficient (Wildman–Crippen LogP) is 2.80. The zero-order valence-corrected chi connectivity index (χ0v) is 16.5. The Kier molecular flexibility index (Phi) is 6.49. The fraction of sp³-hybridized carbons (Fsp3) is 0.318. The van der Waals surface area contributed by atoms with E-state index in [9.17, 15) is 14.4 Å². The molecule has 1 saturated heterocycles. The van der Waals surface area contributed by atoms with Gasteiger partial charge < -0.3 is 19.1 Å². The van der Waals surface area contributed by atoms with Crippen LogP contribution in [0.1, 0.15) is 28.8 Å². The van der Waals surface area contributed by atoms with Crippen molar-refractivity contribution >= 4 is 23.3 Å². The lowest BCUT2D eigenvalue weighted by Gasteiger charge is -2.15. The summed E-state index contributed by atoms with van der Waals surface area (Å²) in [5.74, 6) is 0.127. The van der Waals surface area contributed by atoms with Crippen LogP contribution in [0.15, 0.2) is 42.5 Å². The van der Waals surface area contributed by atoms with Crippen LogP contribution >= 0.6 is 0 Å². The lowest BCUT2D eigenvalue weighted by atomic mass is 10.1. The van der Waals surface area contributed by atoms with Crippen LogP contribution < -0.4 is 14.4 Å². The van der Waals surface area contributed by atoms with Gasteiger partial charge in [-0.25, -0.2) is 0 Å². The first-order chi connectivity index (χ1) is 14.0. The molecule has 29 heavy (non-hydrogen) atoms. The van der Waals surface area contributed by atoms with E-state index in [1.54, 1.807) is 35.2 Å². The minimum Gasteiger partial charge on any atom is -0.497 e. The molecule has 0 atom stereocenters. The van der Waals surface area contributed by atoms with E-state index in [0.717, 1.165) is 24.2 Å². The fourth-order valence-corrected chi connectivity index (χ4v) is 3.19. The number of nitrogens with zero attached hydrogens (tertiary/aromatic N) is 1. The van der Waals surface area contributed by atoms with E-state index >= 15 is 0 Å². The smallest absolute Gasteiger partial charge is 0.310 e. The summed E-state index contributed by atoms with van der Waals surface area (Å²) in [5.41, 5.74) is 1.86. The van der Waals surface area contributed by atoms with Crippen LogP contribution in [0.5, 0.6) is 11.5 Å². The largest absolute Gasteiger partial charge is 0.497 e. The van der Waals surface area contributed by atoms with E-state index in [4.69, 9.17) is 14.2 Å². The maximum atomic E-state index is 12.4. The summed E-state index contributed by atoms with van der Waals surface area (Å²) in [5, 5.41) is 0. The molecule has 152 valence electrons. The number of ether oxygens (including phenoxy) is 3. The van der Waals surface area contributed by atoms with E-state index in [1.807, 2.05) is 12.1 Å². The lowest BCUT2D eigenvalue weighted by Crippen LogP contribution is -2.23. The van der Waals surface area contributed by atoms with Crippen LogP contribution in [0, 0.1) is 0 Å². The van der Waals surface area contributed by atoms with Crippen molar-refractivity contribution in [2.24, 2.45) is 0 Å². The zero-order chi connectivity index (χ0) is 20.8. The number of ketones is 1. The second-order valence-electron chi connectivity index (χ2n) is 6.64. The van der Waals surface area contributed by atoms with E-state index < -0.39 is 5.97 Å². The summed E-state index contributed by atoms with van der Waals surface area (Å²) in [6, 6.07) is 12.1. The van der Waals surface area contributed by atoms with Crippen molar-refractivity contribution in [1.82, 2.24) is 0 Å². The Labute approximate surface area is 169 Å². The number of benzene rings is 2. The quantitative estimate of drug-likeness (QED) is 0.503. The van der Waals surface area contributed by atoms with Crippen molar-refractivity contribution in [2.75, 3.05) is 32.3 Å². The molecular formula is C22H23NO6. The van der Waals surface area contributed by atoms with Gasteiger partial charge in [-0.1, -0.05) is 12.1 Å². The van der Waals surface area contributed by atoms with Crippen molar-refractivity contribution in [1.29, 1.82) is 0 Å². The third-order valence-electron chi connectivity index (χ3n) is 4.74. The number of carbonyl (C=O) groups excluding carboxylic acids is 3. The van der Waals surface area contributed by atoms with E-state index in [1.165, 1.54) is 14.2 Å². The van der Waals surface area contributed by atoms with Gasteiger partial charge in [0.2, 0.25) is 11.7 Å². The van der Waals surface area contributed by atoms with Crippen LogP contribution in [-0.4, -0.2) is 45.0 Å². The molecule has 1 aliphatic rings. The molecule has 1 amide bonds. The number of amides is 1. The van der Waals surface area contributed by atoms with Crippen LogP contribution in [0.2, 0.25) is 0 Å². The summed E-state index contributed by atoms with van der Waals surface area (Å²) < 4.78 is 15.4. The third kappa shape index (κ3) is 4.93. The van der Waals surface area contributed by atoms with Crippen molar-refractivity contribution in [3.05, 3.63) is 53.6 Å². The van der Waals surface area contributed by atoms with Gasteiger partial charge in [0.05, 0.1) is 26.2 Å².